The molecule has 4 nitrogen and oxygen atoms in total. The molecule has 0 aromatic rings. The molecule has 11 heteroatoms. The van der Waals surface area contributed by atoms with Crippen LogP contribution < -0.4 is 9.79 Å². The number of unbranched alkanes of at least 4 members (excludes halogenated alkanes) is 36. The average molecular weight is 1070 g/mol. The molecule has 0 saturated heterocycles. The van der Waals surface area contributed by atoms with Crippen LogP contribution in [-0.4, -0.2) is 73.6 Å². The number of hydrogen-bond acceptors (Lipinski definition) is 8. The van der Waals surface area contributed by atoms with Crippen molar-refractivity contribution in [2.45, 2.75) is 285 Å². The Balaban J connectivity index is -0.00000105. The number of hydrogen-bond donors (Lipinski definition) is 0. The van der Waals surface area contributed by atoms with Crippen molar-refractivity contribution in [3.8, 4) is 0 Å². The minimum Gasteiger partial charge on any atom is -0.793 e. The van der Waals surface area contributed by atoms with E-state index >= 15 is 0 Å². The van der Waals surface area contributed by atoms with Crippen molar-refractivity contribution in [3.05, 3.63) is 0 Å². The molecular formula is C48H100BaO4P2S4. The minimum atomic E-state index is -2.85. The van der Waals surface area contributed by atoms with Crippen LogP contribution in [-0.2, 0) is 32.7 Å². The van der Waals surface area contributed by atoms with Gasteiger partial charge < -0.3 is 18.8 Å². The predicted molar refractivity (Wildman–Crippen MR) is 279 cm³/mol. The average Bonchev–Trinajstić information content (AvgIpc) is 3.20. The van der Waals surface area contributed by atoms with Crippen molar-refractivity contribution in [1.82, 2.24) is 0 Å². The van der Waals surface area contributed by atoms with Crippen LogP contribution in [0.4, 0.5) is 0 Å². The van der Waals surface area contributed by atoms with Gasteiger partial charge in [0.15, 0.2) is 0 Å². The van der Waals surface area contributed by atoms with Crippen molar-refractivity contribution in [1.29, 1.82) is 0 Å². The second-order valence-corrected chi connectivity index (χ2v) is 29.3. The minimum absolute atomic E-state index is 0. The largest absolute Gasteiger partial charge is 2.00 e. The van der Waals surface area contributed by atoms with Crippen molar-refractivity contribution >= 4 is 107 Å². The maximum Gasteiger partial charge on any atom is 2.00 e. The van der Waals surface area contributed by atoms with Crippen molar-refractivity contribution < 1.29 is 18.8 Å². The Kier molecular flexibility index (Phi) is 63.0. The van der Waals surface area contributed by atoms with E-state index in [2.05, 4.69) is 27.7 Å². The van der Waals surface area contributed by atoms with Crippen LogP contribution >= 0.6 is 34.2 Å². The molecule has 0 rings (SSSR count). The first kappa shape index (κ1) is 66.7. The summed E-state index contributed by atoms with van der Waals surface area (Å²) in [6.07, 6.45) is 52.6. The Labute approximate surface area is 430 Å². The summed E-state index contributed by atoms with van der Waals surface area (Å²) >= 11 is 13.1. The quantitative estimate of drug-likeness (QED) is 0.0339. The molecule has 0 heterocycles. The molecule has 0 aromatic carbocycles. The molecule has 2 atom stereocenters. The van der Waals surface area contributed by atoms with Crippen LogP contribution in [0.15, 0.2) is 0 Å². The summed E-state index contributed by atoms with van der Waals surface area (Å²) in [6.45, 7) is 10.2. The summed E-state index contributed by atoms with van der Waals surface area (Å²) in [5.74, 6) is 1.77. The van der Waals surface area contributed by atoms with E-state index in [-0.39, 0.29) is 48.9 Å². The summed E-state index contributed by atoms with van der Waals surface area (Å²) in [5.41, 5.74) is -5.69. The first-order valence-corrected chi connectivity index (χ1v) is 33.9. The van der Waals surface area contributed by atoms with Gasteiger partial charge >= 0.3 is 48.9 Å². The van der Waals surface area contributed by atoms with E-state index in [1.165, 1.54) is 254 Å². The second kappa shape index (κ2) is 55.7. The molecule has 59 heavy (non-hydrogen) atoms. The molecule has 2 unspecified atom stereocenters. The van der Waals surface area contributed by atoms with Crippen LogP contribution in [0, 0.1) is 0 Å². The van der Waals surface area contributed by atoms with Gasteiger partial charge in [-0.3, -0.25) is 0 Å². The van der Waals surface area contributed by atoms with Gasteiger partial charge in [0, 0.05) is 11.4 Å². The van der Waals surface area contributed by atoms with E-state index in [0.29, 0.717) is 13.2 Å². The summed E-state index contributed by atoms with van der Waals surface area (Å²) < 4.78 is 11.1. The Bertz CT molecular complexity index is 749. The van der Waals surface area contributed by atoms with Gasteiger partial charge in [-0.25, -0.2) is 0 Å². The maximum absolute atomic E-state index is 12.3. The molecule has 0 saturated carbocycles. The summed E-state index contributed by atoms with van der Waals surface area (Å²) in [7, 11) is 0. The summed E-state index contributed by atoms with van der Waals surface area (Å²) in [4.78, 5) is 24.6. The van der Waals surface area contributed by atoms with E-state index in [0.717, 1.165) is 37.2 Å². The SMILES string of the molecule is CCCCCCCCCCCCOP([O-])(=S)SCCCCCCCCCCCC.CCCCCCCCCCCCOP([O-])(=S)SCCCCCCCCCCCC.[Ba+2]. The molecule has 0 bridgehead atoms. The molecule has 0 amide bonds. The molecule has 0 radical (unpaired) electrons. The fraction of sp³-hybridized carbons (Fsp3) is 1.00. The Morgan fingerprint density at radius 1 is 0.305 bits per heavy atom. The van der Waals surface area contributed by atoms with E-state index < -0.39 is 11.4 Å². The Morgan fingerprint density at radius 2 is 0.475 bits per heavy atom. The molecule has 0 aromatic heterocycles. The monoisotopic (exact) mass is 1070 g/mol. The van der Waals surface area contributed by atoms with Crippen molar-refractivity contribution in [2.75, 3.05) is 24.7 Å². The molecule has 0 spiro atoms. The molecule has 0 aliphatic carbocycles. The predicted octanol–water partition coefficient (Wildman–Crippen LogP) is 17.9. The Morgan fingerprint density at radius 3 is 0.678 bits per heavy atom. The Hall–Kier alpha value is 3.41. The second-order valence-electron chi connectivity index (χ2n) is 17.0. The van der Waals surface area contributed by atoms with Gasteiger partial charge in [0.25, 0.3) is 0 Å². The number of rotatable bonds is 48. The van der Waals surface area contributed by atoms with Gasteiger partial charge in [-0.15, -0.1) is 22.8 Å². The van der Waals surface area contributed by atoms with Crippen molar-refractivity contribution in [2.24, 2.45) is 0 Å². The first-order chi connectivity index (χ1) is 28.2. The fourth-order valence-electron chi connectivity index (χ4n) is 7.14. The van der Waals surface area contributed by atoms with Crippen LogP contribution in [0.5, 0.6) is 0 Å². The van der Waals surface area contributed by atoms with Crippen LogP contribution in [0.3, 0.4) is 0 Å². The van der Waals surface area contributed by atoms with Crippen LogP contribution in [0.25, 0.3) is 0 Å². The van der Waals surface area contributed by atoms with E-state index in [4.69, 9.17) is 32.7 Å². The molecular weight excluding hydrogens is 968 g/mol. The van der Waals surface area contributed by atoms with Gasteiger partial charge in [-0.2, -0.15) is 0 Å². The van der Waals surface area contributed by atoms with E-state index in [1.807, 2.05) is 0 Å². The van der Waals surface area contributed by atoms with Crippen molar-refractivity contribution in [3.63, 3.8) is 0 Å². The summed E-state index contributed by atoms with van der Waals surface area (Å²) in [6, 6.07) is 0. The summed E-state index contributed by atoms with van der Waals surface area (Å²) in [5, 5.41) is 0. The van der Waals surface area contributed by atoms with Gasteiger partial charge in [0.2, 0.25) is 0 Å². The standard InChI is InChI=1S/2C24H51O2PS2.Ba/c2*1-3-5-7-9-11-13-15-17-19-21-23-26-27(25,28)29-24-22-20-18-16-14-12-10-8-6-4-2;/h2*3-24H2,1-2H3,(H,25,28);/q;;+2/p-2. The zero-order valence-electron chi connectivity index (χ0n) is 40.0. The zero-order chi connectivity index (χ0) is 42.9. The topological polar surface area (TPSA) is 64.6 Å². The van der Waals surface area contributed by atoms with Crippen LogP contribution in [0.1, 0.15) is 285 Å². The van der Waals surface area contributed by atoms with Gasteiger partial charge in [-0.05, 0) is 37.2 Å². The fourth-order valence-corrected chi connectivity index (χ4v) is 13.9. The zero-order valence-corrected chi connectivity index (χ0v) is 49.5. The molecule has 352 valence electrons. The van der Waals surface area contributed by atoms with Gasteiger partial charge in [-0.1, -0.05) is 282 Å². The van der Waals surface area contributed by atoms with E-state index in [9.17, 15) is 9.79 Å². The third-order valence-electron chi connectivity index (χ3n) is 11.0. The molecule has 0 fully saturated rings. The smallest absolute Gasteiger partial charge is 0.793 e. The third-order valence-corrected chi connectivity index (χ3v) is 19.7. The third kappa shape index (κ3) is 61.4. The van der Waals surface area contributed by atoms with Crippen LogP contribution in [0.2, 0.25) is 0 Å². The van der Waals surface area contributed by atoms with E-state index in [1.54, 1.807) is 0 Å². The molecule has 0 N–H and O–H groups in total. The maximum atomic E-state index is 12.3. The van der Waals surface area contributed by atoms with Gasteiger partial charge in [0.05, 0.1) is 13.2 Å². The first-order valence-electron chi connectivity index (χ1n) is 25.4. The van der Waals surface area contributed by atoms with Gasteiger partial charge in [0.1, 0.15) is 0 Å². The molecule has 0 aliphatic rings. The molecule has 0 aliphatic heterocycles. The normalized spacial score (nSPS) is 13.4.